The molecule has 2 aliphatic heterocycles. The summed E-state index contributed by atoms with van der Waals surface area (Å²) in [6, 6.07) is 5.28. The van der Waals surface area contributed by atoms with Gasteiger partial charge in [0, 0.05) is 5.56 Å². The standard InChI is InChI=1S/C13H15N3O7S/c1-2-22-12(17)8-14-10-6-4-3-5-9(10)11-7-15(14)13(18)16(11)23-24(19,20)21/h3-6,11H,2,7-8H2,1H3,(H,19,20,21). The molecule has 1 aromatic rings. The van der Waals surface area contributed by atoms with Gasteiger partial charge in [0.15, 0.2) is 0 Å². The molecule has 10 nitrogen and oxygen atoms in total. The van der Waals surface area contributed by atoms with Crippen molar-refractivity contribution in [3.05, 3.63) is 29.8 Å². The smallest absolute Gasteiger partial charge is 0.418 e. The van der Waals surface area contributed by atoms with Crippen LogP contribution in [0.5, 0.6) is 0 Å². The number of hydrogen-bond acceptors (Lipinski definition) is 7. The normalized spacial score (nSPS) is 19.5. The van der Waals surface area contributed by atoms with Crippen LogP contribution in [0.4, 0.5) is 10.5 Å². The third-order valence-electron chi connectivity index (χ3n) is 3.66. The molecule has 2 heterocycles. The van der Waals surface area contributed by atoms with Gasteiger partial charge in [-0.15, -0.1) is 4.28 Å². The Morgan fingerprint density at radius 3 is 2.75 bits per heavy atom. The van der Waals surface area contributed by atoms with Crippen LogP contribution < -0.4 is 5.01 Å². The van der Waals surface area contributed by atoms with Gasteiger partial charge in [-0.05, 0) is 13.0 Å². The Bertz CT molecular complexity index is 782. The number of benzene rings is 1. The third kappa shape index (κ3) is 2.88. The van der Waals surface area contributed by atoms with Crippen LogP contribution in [0.15, 0.2) is 24.3 Å². The Labute approximate surface area is 138 Å². The Morgan fingerprint density at radius 2 is 2.08 bits per heavy atom. The third-order valence-corrected chi connectivity index (χ3v) is 4.01. The van der Waals surface area contributed by atoms with Gasteiger partial charge >= 0.3 is 22.4 Å². The number of hydrogen-bond donors (Lipinski definition) is 1. The van der Waals surface area contributed by atoms with Gasteiger partial charge in [0.05, 0.1) is 18.8 Å². The lowest BCUT2D eigenvalue weighted by Gasteiger charge is -2.36. The predicted molar refractivity (Wildman–Crippen MR) is 79.7 cm³/mol. The maximum atomic E-state index is 12.4. The lowest BCUT2D eigenvalue weighted by atomic mass is 10.0. The van der Waals surface area contributed by atoms with Crippen LogP contribution in [-0.2, 0) is 24.2 Å². The van der Waals surface area contributed by atoms with Crippen molar-refractivity contribution in [3.63, 3.8) is 0 Å². The Kier molecular flexibility index (Phi) is 4.07. The quantitative estimate of drug-likeness (QED) is 0.598. The number of fused-ring (bicyclic) bond motifs is 4. The van der Waals surface area contributed by atoms with Gasteiger partial charge in [0.25, 0.3) is 0 Å². The van der Waals surface area contributed by atoms with Crippen LogP contribution in [-0.4, -0.2) is 54.7 Å². The number of amides is 2. The van der Waals surface area contributed by atoms with E-state index in [9.17, 15) is 18.0 Å². The second-order valence-electron chi connectivity index (χ2n) is 5.13. The van der Waals surface area contributed by atoms with Gasteiger partial charge in [-0.1, -0.05) is 18.2 Å². The second kappa shape index (κ2) is 5.92. The average molecular weight is 357 g/mol. The van der Waals surface area contributed by atoms with E-state index in [0.717, 1.165) is 0 Å². The molecule has 11 heteroatoms. The number of para-hydroxylation sites is 1. The summed E-state index contributed by atoms with van der Waals surface area (Å²) >= 11 is 0. The zero-order valence-corrected chi connectivity index (χ0v) is 13.5. The zero-order valence-electron chi connectivity index (χ0n) is 12.7. The van der Waals surface area contributed by atoms with Crippen LogP contribution in [0.2, 0.25) is 0 Å². The average Bonchev–Trinajstić information content (AvgIpc) is 2.77. The van der Waals surface area contributed by atoms with Gasteiger partial charge in [-0.25, -0.2) is 9.80 Å². The molecule has 1 aromatic carbocycles. The van der Waals surface area contributed by atoms with E-state index in [2.05, 4.69) is 4.28 Å². The number of hydrazine groups is 1. The molecule has 1 saturated heterocycles. The summed E-state index contributed by atoms with van der Waals surface area (Å²) in [4.78, 5) is 24.3. The van der Waals surface area contributed by atoms with Gasteiger partial charge < -0.3 is 4.74 Å². The molecule has 2 aliphatic rings. The summed E-state index contributed by atoms with van der Waals surface area (Å²) in [6.07, 6.45) is 0. The summed E-state index contributed by atoms with van der Waals surface area (Å²) in [5.74, 6) is -0.535. The first-order chi connectivity index (χ1) is 11.3. The van der Waals surface area contributed by atoms with Gasteiger partial charge in [0.2, 0.25) is 0 Å². The highest BCUT2D eigenvalue weighted by Crippen LogP contribution is 2.42. The molecule has 2 amide bonds. The molecule has 130 valence electrons. The van der Waals surface area contributed by atoms with Gasteiger partial charge in [-0.3, -0.25) is 14.4 Å². The van der Waals surface area contributed by atoms with Crippen molar-refractivity contribution >= 4 is 28.1 Å². The molecule has 24 heavy (non-hydrogen) atoms. The first-order valence-electron chi connectivity index (χ1n) is 7.11. The van der Waals surface area contributed by atoms with Crippen molar-refractivity contribution in [1.29, 1.82) is 0 Å². The first kappa shape index (κ1) is 16.5. The first-order valence-corrected chi connectivity index (χ1v) is 8.48. The fourth-order valence-corrected chi connectivity index (χ4v) is 3.18. The summed E-state index contributed by atoms with van der Waals surface area (Å²) in [5.41, 5.74) is 1.14. The fraction of sp³-hybridized carbons (Fsp3) is 0.385. The topological polar surface area (TPSA) is 117 Å². The minimum Gasteiger partial charge on any atom is -0.465 e. The molecular formula is C13H15N3O7S. The summed E-state index contributed by atoms with van der Waals surface area (Å²) in [7, 11) is -4.86. The van der Waals surface area contributed by atoms with Crippen LogP contribution in [0, 0.1) is 0 Å². The number of rotatable bonds is 5. The summed E-state index contributed by atoms with van der Waals surface area (Å²) in [5, 5.41) is 3.16. The molecule has 1 unspecified atom stereocenters. The SMILES string of the molecule is CCOC(=O)CN1c2ccccc2C2CN1C(=O)N2OS(=O)(=O)O. The minimum atomic E-state index is -4.86. The highest BCUT2D eigenvalue weighted by atomic mass is 32.3. The van der Waals surface area contributed by atoms with Crippen molar-refractivity contribution in [2.24, 2.45) is 0 Å². The molecule has 3 rings (SSSR count). The molecule has 0 radical (unpaired) electrons. The lowest BCUT2D eigenvalue weighted by Crippen LogP contribution is -2.49. The number of carbonyl (C=O) groups is 2. The molecule has 0 aliphatic carbocycles. The summed E-state index contributed by atoms with van der Waals surface area (Å²) in [6.45, 7) is 1.72. The van der Waals surface area contributed by atoms with E-state index < -0.39 is 28.4 Å². The van der Waals surface area contributed by atoms with E-state index in [1.807, 2.05) is 0 Å². The Balaban J connectivity index is 1.98. The second-order valence-corrected chi connectivity index (χ2v) is 6.13. The van der Waals surface area contributed by atoms with E-state index >= 15 is 0 Å². The monoisotopic (exact) mass is 357 g/mol. The van der Waals surface area contributed by atoms with Crippen LogP contribution in [0.3, 0.4) is 0 Å². The highest BCUT2D eigenvalue weighted by molar-refractivity contribution is 7.80. The van der Waals surface area contributed by atoms with Gasteiger partial charge in [-0.2, -0.15) is 13.5 Å². The van der Waals surface area contributed by atoms with Crippen molar-refractivity contribution in [2.45, 2.75) is 13.0 Å². The number of esters is 1. The predicted octanol–water partition coefficient (Wildman–Crippen LogP) is 0.498. The number of anilines is 1. The molecular weight excluding hydrogens is 342 g/mol. The number of urea groups is 1. The van der Waals surface area contributed by atoms with Crippen molar-refractivity contribution < 1.29 is 31.6 Å². The van der Waals surface area contributed by atoms with Crippen molar-refractivity contribution in [3.8, 4) is 0 Å². The van der Waals surface area contributed by atoms with Crippen molar-refractivity contribution in [1.82, 2.24) is 10.1 Å². The number of ether oxygens (including phenoxy) is 1. The molecule has 1 N–H and O–H groups in total. The van der Waals surface area contributed by atoms with E-state index in [-0.39, 0.29) is 19.7 Å². The molecule has 0 spiro atoms. The largest absolute Gasteiger partial charge is 0.465 e. The van der Waals surface area contributed by atoms with Gasteiger partial charge in [0.1, 0.15) is 12.6 Å². The summed E-state index contributed by atoms with van der Waals surface area (Å²) < 4.78 is 40.2. The molecule has 2 bridgehead atoms. The van der Waals surface area contributed by atoms with E-state index in [4.69, 9.17) is 9.29 Å². The fourth-order valence-electron chi connectivity index (χ4n) is 2.81. The lowest BCUT2D eigenvalue weighted by molar-refractivity contribution is -0.141. The van der Waals surface area contributed by atoms with Crippen molar-refractivity contribution in [2.75, 3.05) is 24.7 Å². The number of hydroxylamine groups is 2. The van der Waals surface area contributed by atoms with E-state index in [0.29, 0.717) is 16.3 Å². The number of carbonyl (C=O) groups excluding carboxylic acids is 2. The van der Waals surface area contributed by atoms with E-state index in [1.54, 1.807) is 31.2 Å². The molecule has 1 fully saturated rings. The Hall–Kier alpha value is -2.37. The Morgan fingerprint density at radius 1 is 1.38 bits per heavy atom. The molecule has 0 saturated carbocycles. The zero-order chi connectivity index (χ0) is 17.5. The minimum absolute atomic E-state index is 0.0742. The number of nitrogens with zero attached hydrogens (tertiary/aromatic N) is 3. The maximum Gasteiger partial charge on any atom is 0.418 e. The van der Waals surface area contributed by atoms with Crippen LogP contribution in [0.1, 0.15) is 18.5 Å². The highest BCUT2D eigenvalue weighted by Gasteiger charge is 2.49. The molecule has 1 atom stereocenters. The molecule has 0 aromatic heterocycles. The van der Waals surface area contributed by atoms with E-state index in [1.165, 1.54) is 10.0 Å². The van der Waals surface area contributed by atoms with Crippen LogP contribution in [0.25, 0.3) is 0 Å². The maximum absolute atomic E-state index is 12.4. The van der Waals surface area contributed by atoms with Crippen LogP contribution >= 0.6 is 0 Å².